The van der Waals surface area contributed by atoms with Crippen molar-refractivity contribution in [3.63, 3.8) is 0 Å². The SMILES string of the molecule is CCOC(=O)C1=C(C)/C(=C(\c2c(C)cc(OC(C)=O)cc2C)c2c(C)cc(C(C)CC)n2B(F)F)N=C1C1CCC1. The highest BCUT2D eigenvalue weighted by molar-refractivity contribution is 6.41. The van der Waals surface area contributed by atoms with Gasteiger partial charge in [-0.25, -0.2) is 4.79 Å². The molecule has 0 saturated heterocycles. The maximum atomic E-state index is 15.0. The summed E-state index contributed by atoms with van der Waals surface area (Å²) in [5, 5.41) is 0. The Balaban J connectivity index is 2.14. The Hall–Kier alpha value is -3.49. The van der Waals surface area contributed by atoms with E-state index in [1.807, 2.05) is 47.6 Å². The molecule has 2 aliphatic rings. The van der Waals surface area contributed by atoms with Gasteiger partial charge in [0.1, 0.15) is 5.75 Å². The van der Waals surface area contributed by atoms with Gasteiger partial charge in [0.05, 0.1) is 23.6 Å². The second-order valence-corrected chi connectivity index (χ2v) is 11.2. The molecule has 0 N–H and O–H groups in total. The quantitative estimate of drug-likeness (QED) is 0.180. The van der Waals surface area contributed by atoms with E-state index in [0.717, 1.165) is 40.4 Å². The number of rotatable bonds is 9. The van der Waals surface area contributed by atoms with Gasteiger partial charge in [-0.05, 0) is 106 Å². The van der Waals surface area contributed by atoms with Crippen LogP contribution >= 0.6 is 0 Å². The minimum absolute atomic E-state index is 0.0967. The minimum Gasteiger partial charge on any atom is -0.462 e. The van der Waals surface area contributed by atoms with Crippen LogP contribution in [0.15, 0.2) is 40.0 Å². The van der Waals surface area contributed by atoms with Crippen LogP contribution in [0.3, 0.4) is 0 Å². The summed E-state index contributed by atoms with van der Waals surface area (Å²) in [6.45, 7) is 14.7. The summed E-state index contributed by atoms with van der Waals surface area (Å²) in [5.74, 6) is -0.480. The van der Waals surface area contributed by atoms with E-state index in [4.69, 9.17) is 14.5 Å². The van der Waals surface area contributed by atoms with E-state index >= 15 is 8.63 Å². The number of carbonyl (C=O) groups excluding carboxylic acids is 2. The molecule has 0 bridgehead atoms. The molecule has 1 aromatic heterocycles. The van der Waals surface area contributed by atoms with Crippen LogP contribution < -0.4 is 4.74 Å². The number of esters is 2. The molecule has 0 amide bonds. The number of benzene rings is 1. The summed E-state index contributed by atoms with van der Waals surface area (Å²) in [5.41, 5.74) is 6.60. The number of aliphatic imine (C=N–C) groups is 1. The molecule has 2 heterocycles. The van der Waals surface area contributed by atoms with E-state index < -0.39 is 19.3 Å². The average Bonchev–Trinajstić information content (AvgIpc) is 3.36. The molecule has 0 spiro atoms. The highest BCUT2D eigenvalue weighted by atomic mass is 19.2. The Morgan fingerprint density at radius 1 is 1.07 bits per heavy atom. The molecule has 0 radical (unpaired) electrons. The van der Waals surface area contributed by atoms with Crippen LogP contribution in [0.2, 0.25) is 0 Å². The first kappa shape index (κ1) is 30.5. The number of halogens is 2. The van der Waals surface area contributed by atoms with Crippen molar-refractivity contribution in [1.29, 1.82) is 0 Å². The molecule has 1 fully saturated rings. The van der Waals surface area contributed by atoms with Gasteiger partial charge < -0.3 is 14.0 Å². The van der Waals surface area contributed by atoms with Gasteiger partial charge in [-0.15, -0.1) is 0 Å². The lowest BCUT2D eigenvalue weighted by Gasteiger charge is -2.26. The van der Waals surface area contributed by atoms with Crippen molar-refractivity contribution < 1.29 is 27.7 Å². The predicted molar refractivity (Wildman–Crippen MR) is 159 cm³/mol. The fourth-order valence-corrected chi connectivity index (χ4v) is 5.94. The number of carbonyl (C=O) groups is 2. The Morgan fingerprint density at radius 2 is 1.71 bits per heavy atom. The molecule has 1 aromatic carbocycles. The molecular weight excluding hydrogens is 525 g/mol. The van der Waals surface area contributed by atoms with Crippen LogP contribution in [-0.4, -0.2) is 36.1 Å². The largest absolute Gasteiger partial charge is 0.677 e. The predicted octanol–water partition coefficient (Wildman–Crippen LogP) is 7.52. The van der Waals surface area contributed by atoms with Crippen LogP contribution in [0.1, 0.15) is 99.9 Å². The van der Waals surface area contributed by atoms with Gasteiger partial charge in [0.15, 0.2) is 0 Å². The molecule has 218 valence electrons. The van der Waals surface area contributed by atoms with Crippen molar-refractivity contribution in [2.45, 2.75) is 87.0 Å². The molecule has 4 rings (SSSR count). The van der Waals surface area contributed by atoms with E-state index in [2.05, 4.69) is 0 Å². The molecule has 9 heteroatoms. The maximum Gasteiger partial charge on any atom is 0.677 e. The third-order valence-electron chi connectivity index (χ3n) is 8.25. The second kappa shape index (κ2) is 12.2. The molecule has 1 aliphatic carbocycles. The minimum atomic E-state index is -2.79. The number of aryl methyl sites for hydroxylation is 3. The van der Waals surface area contributed by atoms with E-state index in [1.165, 1.54) is 6.92 Å². The number of aromatic nitrogens is 1. The first-order chi connectivity index (χ1) is 19.4. The topological polar surface area (TPSA) is 69.9 Å². The molecule has 2 aromatic rings. The third-order valence-corrected chi connectivity index (χ3v) is 8.25. The maximum absolute atomic E-state index is 15.0. The number of allylic oxidation sites excluding steroid dienone is 1. The number of hydrogen-bond acceptors (Lipinski definition) is 5. The van der Waals surface area contributed by atoms with Crippen molar-refractivity contribution in [1.82, 2.24) is 4.48 Å². The molecule has 1 aliphatic heterocycles. The zero-order chi connectivity index (χ0) is 30.2. The Bertz CT molecular complexity index is 1460. The fraction of sp³-hybridized carbons (Fsp3) is 0.469. The van der Waals surface area contributed by atoms with Gasteiger partial charge in [0, 0.05) is 29.8 Å². The highest BCUT2D eigenvalue weighted by Crippen LogP contribution is 2.45. The normalized spacial score (nSPS) is 17.3. The lowest BCUT2D eigenvalue weighted by molar-refractivity contribution is -0.138. The Morgan fingerprint density at radius 3 is 2.20 bits per heavy atom. The van der Waals surface area contributed by atoms with Gasteiger partial charge in [0.2, 0.25) is 0 Å². The molecular formula is C32H39BF2N2O4. The van der Waals surface area contributed by atoms with Crippen LogP contribution in [0.4, 0.5) is 8.63 Å². The van der Waals surface area contributed by atoms with Crippen LogP contribution in [0.5, 0.6) is 5.75 Å². The van der Waals surface area contributed by atoms with Crippen molar-refractivity contribution in [3.8, 4) is 5.75 Å². The van der Waals surface area contributed by atoms with Gasteiger partial charge in [0.25, 0.3) is 0 Å². The molecule has 1 unspecified atom stereocenters. The second-order valence-electron chi connectivity index (χ2n) is 11.2. The standard InChI is InChI=1S/C32H39BF2N2O4/c1-9-17(3)25-16-20(6)31(37(25)33(34)35)28(26-18(4)14-24(15-19(26)5)41-22(8)38)29-21(7)27(32(39)40-10-2)30(36-29)23-12-11-13-23/h14-17,23H,9-13H2,1-8H3/b29-28-. The van der Waals surface area contributed by atoms with E-state index in [-0.39, 0.29) is 18.4 Å². The highest BCUT2D eigenvalue weighted by Gasteiger charge is 2.39. The summed E-state index contributed by atoms with van der Waals surface area (Å²) < 4.78 is 41.9. The van der Waals surface area contributed by atoms with Gasteiger partial charge >= 0.3 is 19.3 Å². The molecule has 1 atom stereocenters. The molecule has 1 saturated carbocycles. The van der Waals surface area contributed by atoms with Crippen LogP contribution in [0.25, 0.3) is 5.57 Å². The van der Waals surface area contributed by atoms with Crippen molar-refractivity contribution in [3.05, 3.63) is 68.7 Å². The Labute approximate surface area is 241 Å². The lowest BCUT2D eigenvalue weighted by atomic mass is 9.79. The first-order valence-corrected chi connectivity index (χ1v) is 14.4. The zero-order valence-corrected chi connectivity index (χ0v) is 25.3. The summed E-state index contributed by atoms with van der Waals surface area (Å²) in [7, 11) is -2.79. The summed E-state index contributed by atoms with van der Waals surface area (Å²) in [6.07, 6.45) is 3.58. The van der Waals surface area contributed by atoms with Gasteiger partial charge in [-0.1, -0.05) is 20.3 Å². The number of nitrogens with zero attached hydrogens (tertiary/aromatic N) is 2. The van der Waals surface area contributed by atoms with Crippen molar-refractivity contribution >= 4 is 30.6 Å². The number of hydrogen-bond donors (Lipinski definition) is 0. The van der Waals surface area contributed by atoms with Crippen molar-refractivity contribution in [2.24, 2.45) is 10.9 Å². The van der Waals surface area contributed by atoms with Crippen LogP contribution in [0, 0.1) is 26.7 Å². The first-order valence-electron chi connectivity index (χ1n) is 14.4. The smallest absolute Gasteiger partial charge is 0.462 e. The van der Waals surface area contributed by atoms with E-state index in [0.29, 0.717) is 57.2 Å². The third kappa shape index (κ3) is 5.68. The lowest BCUT2D eigenvalue weighted by Crippen LogP contribution is -2.26. The van der Waals surface area contributed by atoms with Crippen molar-refractivity contribution in [2.75, 3.05) is 6.61 Å². The Kier molecular flexibility index (Phi) is 9.05. The molecule has 6 nitrogen and oxygen atoms in total. The monoisotopic (exact) mass is 564 g/mol. The average molecular weight is 564 g/mol. The van der Waals surface area contributed by atoms with Crippen LogP contribution in [-0.2, 0) is 14.3 Å². The van der Waals surface area contributed by atoms with E-state index in [9.17, 15) is 9.59 Å². The summed E-state index contributed by atoms with van der Waals surface area (Å²) >= 11 is 0. The summed E-state index contributed by atoms with van der Waals surface area (Å²) in [4.78, 5) is 30.0. The number of ether oxygens (including phenoxy) is 2. The molecule has 41 heavy (non-hydrogen) atoms. The van der Waals surface area contributed by atoms with E-state index in [1.54, 1.807) is 19.1 Å². The summed E-state index contributed by atoms with van der Waals surface area (Å²) in [6, 6.07) is 5.31. The van der Waals surface area contributed by atoms with Gasteiger partial charge in [-0.2, -0.15) is 0 Å². The zero-order valence-electron chi connectivity index (χ0n) is 25.3. The fourth-order valence-electron chi connectivity index (χ4n) is 5.94. The van der Waals surface area contributed by atoms with Gasteiger partial charge in [-0.3, -0.25) is 18.4 Å².